The Morgan fingerprint density at radius 2 is 1.10 bits per heavy atom. The molecule has 2 aliphatic rings. The first-order valence-corrected chi connectivity index (χ1v) is 27.8. The van der Waals surface area contributed by atoms with Crippen molar-refractivity contribution in [3.8, 4) is 0 Å². The van der Waals surface area contributed by atoms with Crippen LogP contribution in [0.3, 0.4) is 0 Å². The third-order valence-corrected chi connectivity index (χ3v) is 15.7. The summed E-state index contributed by atoms with van der Waals surface area (Å²) in [6.07, 6.45) is 18.2. The van der Waals surface area contributed by atoms with Crippen LogP contribution in [0.1, 0.15) is 89.9 Å². The number of rotatable bonds is 11. The first-order valence-electron chi connectivity index (χ1n) is 13.1. The molecule has 2 fully saturated rings. The van der Waals surface area contributed by atoms with E-state index in [1.165, 1.54) is 89.9 Å². The number of hydrogen-bond acceptors (Lipinski definition) is 2. The van der Waals surface area contributed by atoms with Gasteiger partial charge < -0.3 is 0 Å². The summed E-state index contributed by atoms with van der Waals surface area (Å²) in [5, 5.41) is 0. The molecule has 0 aromatic rings. The first kappa shape index (κ1) is 26.7. The molecule has 2 atom stereocenters. The van der Waals surface area contributed by atoms with Gasteiger partial charge in [0, 0.05) is 0 Å². The molecule has 0 radical (unpaired) electrons. The van der Waals surface area contributed by atoms with Gasteiger partial charge in [0.25, 0.3) is 0 Å². The van der Waals surface area contributed by atoms with Crippen molar-refractivity contribution in [2.45, 2.75) is 124 Å². The summed E-state index contributed by atoms with van der Waals surface area (Å²) in [4.78, 5) is 25.3. The van der Waals surface area contributed by atoms with E-state index in [4.69, 9.17) is 0 Å². The van der Waals surface area contributed by atoms with Crippen LogP contribution < -0.4 is 0 Å². The Hall–Kier alpha value is 0.426. The summed E-state index contributed by atoms with van der Waals surface area (Å²) in [6.45, 7) is 0. The van der Waals surface area contributed by atoms with E-state index in [2.05, 4.69) is 34.5 Å². The van der Waals surface area contributed by atoms with Crippen LogP contribution in [0.4, 0.5) is 0 Å². The molecular weight excluding hydrogens is 490 g/mol. The second kappa shape index (κ2) is 12.0. The zero-order valence-electron chi connectivity index (χ0n) is 21.0. The molecule has 0 heterocycles. The maximum atomic E-state index is 12.7. The fourth-order valence-electron chi connectivity index (χ4n) is 5.95. The maximum absolute atomic E-state index is 12.7. The van der Waals surface area contributed by atoms with E-state index in [1.807, 2.05) is 0 Å². The number of carbonyl (C=O) groups excluding carboxylic acids is 2. The quantitative estimate of drug-likeness (QED) is 0.198. The Morgan fingerprint density at radius 1 is 0.600 bits per heavy atom. The Balaban J connectivity index is 1.54. The second-order valence-corrected chi connectivity index (χ2v) is 33.6. The molecule has 0 N–H and O–H groups in total. The molecule has 2 saturated carbocycles. The predicted octanol–water partition coefficient (Wildman–Crippen LogP) is 7.83. The van der Waals surface area contributed by atoms with E-state index in [1.54, 1.807) is 0 Å². The van der Waals surface area contributed by atoms with Crippen LogP contribution in [0, 0.1) is 23.7 Å². The van der Waals surface area contributed by atoms with Crippen LogP contribution in [0.5, 0.6) is 0 Å². The third kappa shape index (κ3) is 8.75. The van der Waals surface area contributed by atoms with Gasteiger partial charge in [0.05, 0.1) is 0 Å². The minimum atomic E-state index is -2.12. The van der Waals surface area contributed by atoms with Crippen LogP contribution in [-0.4, -0.2) is 35.8 Å². The zero-order chi connectivity index (χ0) is 22.4. The Morgan fingerprint density at radius 3 is 1.63 bits per heavy atom. The summed E-state index contributed by atoms with van der Waals surface area (Å²) in [5.41, 5.74) is 0. The Bertz CT molecular complexity index is 550. The van der Waals surface area contributed by atoms with E-state index in [0.29, 0.717) is 21.1 Å². The second-order valence-electron chi connectivity index (χ2n) is 12.7. The summed E-state index contributed by atoms with van der Waals surface area (Å²) in [5.74, 6) is 16.1. The first-order chi connectivity index (χ1) is 14.0. The van der Waals surface area contributed by atoms with Gasteiger partial charge in [-0.05, 0) is 0 Å². The van der Waals surface area contributed by atoms with Gasteiger partial charge in [-0.25, -0.2) is 0 Å². The van der Waals surface area contributed by atoms with E-state index in [-0.39, 0.29) is 0 Å². The molecule has 0 saturated heterocycles. The molecular formula is C26H50Ge2O2. The van der Waals surface area contributed by atoms with Gasteiger partial charge >= 0.3 is 193 Å². The average molecular weight is 540 g/mol. The molecule has 174 valence electrons. The molecule has 0 spiro atoms. The van der Waals surface area contributed by atoms with Gasteiger partial charge in [0.1, 0.15) is 0 Å². The summed E-state index contributed by atoms with van der Waals surface area (Å²) < 4.78 is 1.35. The van der Waals surface area contributed by atoms with Crippen molar-refractivity contribution in [2.75, 3.05) is 0 Å². The number of unbranched alkanes of at least 4 members (excludes halogenated alkanes) is 3. The van der Waals surface area contributed by atoms with Gasteiger partial charge in [-0.1, -0.05) is 0 Å². The van der Waals surface area contributed by atoms with E-state index < -0.39 is 26.5 Å². The van der Waals surface area contributed by atoms with E-state index >= 15 is 0 Å². The third-order valence-electron chi connectivity index (χ3n) is 7.82. The molecule has 30 heavy (non-hydrogen) atoms. The summed E-state index contributed by atoms with van der Waals surface area (Å²) in [7, 11) is 0. The topological polar surface area (TPSA) is 34.1 Å². The van der Waals surface area contributed by atoms with Crippen LogP contribution in [-0.2, 0) is 9.59 Å². The minimum absolute atomic E-state index is 0.410. The number of hydrogen-bond donors (Lipinski definition) is 0. The molecule has 0 aromatic heterocycles. The van der Waals surface area contributed by atoms with Gasteiger partial charge in [-0.3, -0.25) is 0 Å². The molecule has 0 bridgehead atoms. The Kier molecular flexibility index (Phi) is 10.7. The molecule has 2 rings (SSSR count). The molecule has 2 unspecified atom stereocenters. The molecule has 0 aromatic carbocycles. The normalized spacial score (nSPS) is 28.3. The van der Waals surface area contributed by atoms with E-state index in [0.717, 1.165) is 11.8 Å². The average Bonchev–Trinajstić information content (AvgIpc) is 2.68. The van der Waals surface area contributed by atoms with Gasteiger partial charge in [-0.15, -0.1) is 0 Å². The summed E-state index contributed by atoms with van der Waals surface area (Å²) in [6, 6.07) is 0. The van der Waals surface area contributed by atoms with Crippen LogP contribution >= 0.6 is 0 Å². The van der Waals surface area contributed by atoms with E-state index in [9.17, 15) is 9.59 Å². The SMILES string of the molecule is [CH3][Ge]([CH3])([CH3])[C](=O)C1CCC(CCCCCCC2CCCC([C](=O)[Ge]([CH3])([CH3])[CH3])C2)CC1. The van der Waals surface area contributed by atoms with Crippen molar-refractivity contribution in [1.29, 1.82) is 0 Å². The van der Waals surface area contributed by atoms with Crippen molar-refractivity contribution < 1.29 is 9.59 Å². The molecule has 4 heteroatoms. The molecule has 2 aliphatic carbocycles. The Labute approximate surface area is 192 Å². The van der Waals surface area contributed by atoms with Crippen molar-refractivity contribution in [3.05, 3.63) is 0 Å². The standard InChI is InChI=1S/C26H50Ge2O2/c1-27(2,3)25(29)23-18-16-21(17-19-23)12-9-7-8-10-13-22-14-11-15-24(20-22)26(30)28(4,5)6/h21-24H,7-20H2,1-6H3. The summed E-state index contributed by atoms with van der Waals surface area (Å²) >= 11 is -4.23. The molecule has 2 nitrogen and oxygen atoms in total. The van der Waals surface area contributed by atoms with Crippen molar-refractivity contribution in [3.63, 3.8) is 0 Å². The number of carbonyl (C=O) groups is 2. The van der Waals surface area contributed by atoms with Gasteiger partial charge in [0.2, 0.25) is 0 Å². The van der Waals surface area contributed by atoms with Crippen molar-refractivity contribution in [2.24, 2.45) is 23.7 Å². The fraction of sp³-hybridized carbons (Fsp3) is 0.923. The van der Waals surface area contributed by atoms with Crippen LogP contribution in [0.2, 0.25) is 34.5 Å². The molecule has 0 aliphatic heterocycles. The van der Waals surface area contributed by atoms with Crippen molar-refractivity contribution in [1.82, 2.24) is 0 Å². The zero-order valence-corrected chi connectivity index (χ0v) is 25.2. The van der Waals surface area contributed by atoms with Gasteiger partial charge in [-0.2, -0.15) is 0 Å². The van der Waals surface area contributed by atoms with Crippen LogP contribution in [0.25, 0.3) is 0 Å². The predicted molar refractivity (Wildman–Crippen MR) is 135 cm³/mol. The monoisotopic (exact) mass is 542 g/mol. The van der Waals surface area contributed by atoms with Gasteiger partial charge in [0.15, 0.2) is 0 Å². The van der Waals surface area contributed by atoms with Crippen molar-refractivity contribution >= 4 is 35.8 Å². The molecule has 0 amide bonds. The fourth-order valence-corrected chi connectivity index (χ4v) is 12.2. The van der Waals surface area contributed by atoms with Crippen LogP contribution in [0.15, 0.2) is 0 Å².